The zero-order valence-corrected chi connectivity index (χ0v) is 24.3. The lowest BCUT2D eigenvalue weighted by molar-refractivity contribution is 1.12. The zero-order chi connectivity index (χ0) is 28.8. The van der Waals surface area contributed by atoms with Crippen molar-refractivity contribution in [3.05, 3.63) is 140 Å². The monoisotopic (exact) mass is 577 g/mol. The van der Waals surface area contributed by atoms with Crippen molar-refractivity contribution in [2.24, 2.45) is 0 Å². The van der Waals surface area contributed by atoms with Crippen molar-refractivity contribution in [2.45, 2.75) is 0 Å². The molecule has 0 saturated heterocycles. The van der Waals surface area contributed by atoms with Crippen molar-refractivity contribution in [3.8, 4) is 22.4 Å². The molecule has 1 aliphatic heterocycles. The van der Waals surface area contributed by atoms with E-state index in [2.05, 4.69) is 144 Å². The molecule has 0 radical (unpaired) electrons. The molecule has 2 aromatic heterocycles. The first-order valence-electron chi connectivity index (χ1n) is 14.8. The molecule has 10 rings (SSSR count). The summed E-state index contributed by atoms with van der Waals surface area (Å²) in [7, 11) is 0. The van der Waals surface area contributed by atoms with E-state index < -0.39 is 0 Å². The van der Waals surface area contributed by atoms with Crippen LogP contribution < -0.4 is 4.90 Å². The second-order valence-corrected chi connectivity index (χ2v) is 12.4. The molecule has 7 aromatic carbocycles. The van der Waals surface area contributed by atoms with Crippen LogP contribution in [-0.4, -0.2) is 9.97 Å². The lowest BCUT2D eigenvalue weighted by Gasteiger charge is -2.33. The zero-order valence-electron chi connectivity index (χ0n) is 23.5. The minimum absolute atomic E-state index is 0.676. The van der Waals surface area contributed by atoms with Gasteiger partial charge in [0.2, 0.25) is 5.95 Å². The number of nitrogens with zero attached hydrogens (tertiary/aromatic N) is 3. The van der Waals surface area contributed by atoms with E-state index in [9.17, 15) is 0 Å². The van der Waals surface area contributed by atoms with Gasteiger partial charge in [-0.05, 0) is 46.0 Å². The fourth-order valence-electron chi connectivity index (χ4n) is 7.09. The summed E-state index contributed by atoms with van der Waals surface area (Å²) in [5.41, 5.74) is 7.68. The number of hydrogen-bond donors (Lipinski definition) is 0. The van der Waals surface area contributed by atoms with Crippen molar-refractivity contribution in [1.29, 1.82) is 0 Å². The van der Waals surface area contributed by atoms with Crippen molar-refractivity contribution in [1.82, 2.24) is 9.97 Å². The molecule has 1 aliphatic rings. The minimum atomic E-state index is 0.676. The standard InChI is InChI=1S/C40H23N3S/c1-2-13-26-24(10-1)22-23-34-37(26)30-17-7-11-25-12-8-20-33(36(25)30)43(34)40-41-32-19-5-3-15-29(32)38(42-40)31-18-9-16-28-27-14-4-6-21-35(27)44-39(28)31/h1-23H. The molecule has 0 N–H and O–H groups in total. The summed E-state index contributed by atoms with van der Waals surface area (Å²) in [6, 6.07) is 49.9. The van der Waals surface area contributed by atoms with Crippen LogP contribution in [0.4, 0.5) is 17.3 Å². The summed E-state index contributed by atoms with van der Waals surface area (Å²) in [6.45, 7) is 0. The Hall–Kier alpha value is -5.58. The molecule has 0 amide bonds. The highest BCUT2D eigenvalue weighted by Gasteiger charge is 2.29. The van der Waals surface area contributed by atoms with E-state index in [1.54, 1.807) is 0 Å². The first-order chi connectivity index (χ1) is 21.8. The van der Waals surface area contributed by atoms with Crippen LogP contribution in [0.2, 0.25) is 0 Å². The van der Waals surface area contributed by atoms with Crippen molar-refractivity contribution < 1.29 is 0 Å². The Morgan fingerprint density at radius 3 is 2.11 bits per heavy atom. The molecule has 0 atom stereocenters. The first-order valence-corrected chi connectivity index (χ1v) is 15.7. The summed E-state index contributed by atoms with van der Waals surface area (Å²) in [6.07, 6.45) is 0. The molecule has 3 nitrogen and oxygen atoms in total. The molecule has 0 fully saturated rings. The fourth-order valence-corrected chi connectivity index (χ4v) is 8.31. The molecule has 4 heteroatoms. The topological polar surface area (TPSA) is 29.0 Å². The third kappa shape index (κ3) is 3.26. The molecule has 0 spiro atoms. The molecular formula is C40H23N3S. The Morgan fingerprint density at radius 2 is 1.18 bits per heavy atom. The molecule has 0 bridgehead atoms. The van der Waals surface area contributed by atoms with Gasteiger partial charge in [-0.2, -0.15) is 0 Å². The Labute approximate surface area is 257 Å². The van der Waals surface area contributed by atoms with E-state index in [0.29, 0.717) is 5.95 Å². The van der Waals surface area contributed by atoms with Gasteiger partial charge in [-0.3, -0.25) is 4.90 Å². The van der Waals surface area contributed by atoms with E-state index in [-0.39, 0.29) is 0 Å². The molecule has 9 aromatic rings. The van der Waals surface area contributed by atoms with Crippen LogP contribution in [0.25, 0.3) is 75.0 Å². The Kier molecular flexibility index (Phi) is 4.87. The second kappa shape index (κ2) is 8.96. The lowest BCUT2D eigenvalue weighted by Crippen LogP contribution is -2.18. The number of fused-ring (bicyclic) bond motifs is 8. The summed E-state index contributed by atoms with van der Waals surface area (Å²) >= 11 is 1.84. The quantitative estimate of drug-likeness (QED) is 0.205. The van der Waals surface area contributed by atoms with Gasteiger partial charge >= 0.3 is 0 Å². The van der Waals surface area contributed by atoms with Crippen molar-refractivity contribution in [2.75, 3.05) is 4.90 Å². The number of para-hydroxylation sites is 1. The summed E-state index contributed by atoms with van der Waals surface area (Å²) in [5.74, 6) is 0.676. The number of hydrogen-bond acceptors (Lipinski definition) is 4. The van der Waals surface area contributed by atoms with Gasteiger partial charge in [-0.15, -0.1) is 11.3 Å². The molecule has 0 aliphatic carbocycles. The highest BCUT2D eigenvalue weighted by Crippen LogP contribution is 2.53. The molecule has 44 heavy (non-hydrogen) atoms. The van der Waals surface area contributed by atoms with E-state index >= 15 is 0 Å². The fraction of sp³-hybridized carbons (Fsp3) is 0. The average molecular weight is 578 g/mol. The smallest absolute Gasteiger partial charge is 0.235 e. The van der Waals surface area contributed by atoms with Gasteiger partial charge in [-0.25, -0.2) is 9.97 Å². The predicted molar refractivity (Wildman–Crippen MR) is 187 cm³/mol. The van der Waals surface area contributed by atoms with Crippen LogP contribution in [0.5, 0.6) is 0 Å². The van der Waals surface area contributed by atoms with E-state index in [4.69, 9.17) is 9.97 Å². The number of thiophene rings is 1. The summed E-state index contributed by atoms with van der Waals surface area (Å²) < 4.78 is 2.54. The Balaban J connectivity index is 1.32. The third-order valence-corrected chi connectivity index (χ3v) is 10.2. The normalized spacial score (nSPS) is 12.5. The van der Waals surface area contributed by atoms with E-state index in [0.717, 1.165) is 33.5 Å². The lowest BCUT2D eigenvalue weighted by atomic mass is 9.88. The average Bonchev–Trinajstić information content (AvgIpc) is 3.47. The first kappa shape index (κ1) is 23.9. The van der Waals surface area contributed by atoms with Gasteiger partial charge in [0.15, 0.2) is 0 Å². The van der Waals surface area contributed by atoms with Gasteiger partial charge < -0.3 is 0 Å². The largest absolute Gasteiger partial charge is 0.278 e. The van der Waals surface area contributed by atoms with E-state index in [1.165, 1.54) is 52.8 Å². The van der Waals surface area contributed by atoms with Crippen LogP contribution in [0.3, 0.4) is 0 Å². The van der Waals surface area contributed by atoms with Gasteiger partial charge in [0, 0.05) is 42.1 Å². The Morgan fingerprint density at radius 1 is 0.477 bits per heavy atom. The molecular weight excluding hydrogens is 555 g/mol. The number of rotatable bonds is 2. The highest BCUT2D eigenvalue weighted by atomic mass is 32.1. The summed E-state index contributed by atoms with van der Waals surface area (Å²) in [5, 5.41) is 8.49. The maximum Gasteiger partial charge on any atom is 0.235 e. The summed E-state index contributed by atoms with van der Waals surface area (Å²) in [4.78, 5) is 13.0. The van der Waals surface area contributed by atoms with Crippen LogP contribution in [0, 0.1) is 0 Å². The van der Waals surface area contributed by atoms with Gasteiger partial charge in [-0.1, -0.05) is 115 Å². The molecule has 3 heterocycles. The predicted octanol–water partition coefficient (Wildman–Crippen LogP) is 11.4. The van der Waals surface area contributed by atoms with Crippen molar-refractivity contribution >= 4 is 81.3 Å². The van der Waals surface area contributed by atoms with Crippen molar-refractivity contribution in [3.63, 3.8) is 0 Å². The third-order valence-electron chi connectivity index (χ3n) is 8.99. The highest BCUT2D eigenvalue weighted by molar-refractivity contribution is 7.26. The maximum absolute atomic E-state index is 5.48. The van der Waals surface area contributed by atoms with Gasteiger partial charge in [0.25, 0.3) is 0 Å². The minimum Gasteiger partial charge on any atom is -0.278 e. The van der Waals surface area contributed by atoms with Crippen LogP contribution >= 0.6 is 11.3 Å². The number of anilines is 3. The van der Waals surface area contributed by atoms with Crippen LogP contribution in [-0.2, 0) is 0 Å². The molecule has 204 valence electrons. The van der Waals surface area contributed by atoms with Gasteiger partial charge in [0.05, 0.1) is 22.6 Å². The molecule has 0 unspecified atom stereocenters. The second-order valence-electron chi connectivity index (χ2n) is 11.4. The number of aromatic nitrogens is 2. The van der Waals surface area contributed by atoms with Gasteiger partial charge in [0.1, 0.15) is 0 Å². The SMILES string of the molecule is c1ccc2c3c(ccc2c1)N(c1nc(-c2cccc4c2sc2ccccc24)c2ccccc2n1)c1cccc2cccc-3c12. The molecule has 0 saturated carbocycles. The van der Waals surface area contributed by atoms with Crippen LogP contribution in [0.15, 0.2) is 140 Å². The number of benzene rings is 7. The Bertz CT molecular complexity index is 2630. The maximum atomic E-state index is 5.48. The van der Waals surface area contributed by atoms with E-state index in [1.807, 2.05) is 11.3 Å². The van der Waals surface area contributed by atoms with Crippen LogP contribution in [0.1, 0.15) is 0 Å².